The third-order valence-corrected chi connectivity index (χ3v) is 9.26. The van der Waals surface area contributed by atoms with E-state index in [-0.39, 0.29) is 18.9 Å². The molecule has 0 amide bonds. The second-order valence-corrected chi connectivity index (χ2v) is 11.7. The van der Waals surface area contributed by atoms with Crippen LogP contribution in [0, 0.1) is 35.5 Å². The first kappa shape index (κ1) is 33.7. The Morgan fingerprint density at radius 2 is 1.13 bits per heavy atom. The molecule has 0 N–H and O–H groups in total. The van der Waals surface area contributed by atoms with Crippen molar-refractivity contribution in [3.8, 4) is 0 Å². The van der Waals surface area contributed by atoms with Crippen LogP contribution in [0.2, 0.25) is 0 Å². The summed E-state index contributed by atoms with van der Waals surface area (Å²) in [5.41, 5.74) is 0. The highest BCUT2D eigenvalue weighted by atomic mass is 19.3. The van der Waals surface area contributed by atoms with Crippen molar-refractivity contribution in [3.63, 3.8) is 0 Å². The van der Waals surface area contributed by atoms with Gasteiger partial charge in [0.2, 0.25) is 0 Å². The van der Waals surface area contributed by atoms with Gasteiger partial charge in [0, 0.05) is 18.8 Å². The molecule has 1 heterocycles. The molecule has 0 spiro atoms. The van der Waals surface area contributed by atoms with E-state index in [0.717, 1.165) is 12.3 Å². The Kier molecular flexibility index (Phi) is 13.7. The Morgan fingerprint density at radius 1 is 0.632 bits per heavy atom. The number of rotatable bonds is 5. The highest BCUT2D eigenvalue weighted by Crippen LogP contribution is 2.47. The van der Waals surface area contributed by atoms with Crippen LogP contribution in [0.1, 0.15) is 106 Å². The third-order valence-electron chi connectivity index (χ3n) is 9.26. The molecule has 0 radical (unpaired) electrons. The van der Waals surface area contributed by atoms with E-state index < -0.39 is 67.5 Å². The number of halogens is 6. The molecular weight excluding hydrogens is 506 g/mol. The minimum Gasteiger partial charge on any atom is -0.378 e. The van der Waals surface area contributed by atoms with Gasteiger partial charge in [-0.15, -0.1) is 0 Å². The molecule has 0 aromatic heterocycles. The number of hydrogen-bond donors (Lipinski definition) is 0. The lowest BCUT2D eigenvalue weighted by atomic mass is 9.71. The van der Waals surface area contributed by atoms with Crippen molar-refractivity contribution in [2.45, 2.75) is 149 Å². The molecule has 0 bridgehead atoms. The summed E-state index contributed by atoms with van der Waals surface area (Å²) in [6.07, 6.45) is -7.95. The van der Waals surface area contributed by atoms with Gasteiger partial charge >= 0.3 is 6.11 Å². The Labute approximate surface area is 227 Å². The van der Waals surface area contributed by atoms with E-state index >= 15 is 0 Å². The normalized spacial score (nSPS) is 44.2. The van der Waals surface area contributed by atoms with E-state index in [1.807, 2.05) is 27.7 Å². The molecule has 4 fully saturated rings. The van der Waals surface area contributed by atoms with Crippen LogP contribution in [0.15, 0.2) is 0 Å². The Hall–Kier alpha value is -0.500. The molecule has 38 heavy (non-hydrogen) atoms. The zero-order valence-electron chi connectivity index (χ0n) is 24.3. The van der Waals surface area contributed by atoms with Crippen molar-refractivity contribution < 1.29 is 35.8 Å². The topological polar surface area (TPSA) is 18.5 Å². The van der Waals surface area contributed by atoms with Crippen LogP contribution in [-0.2, 0) is 9.47 Å². The van der Waals surface area contributed by atoms with E-state index in [2.05, 4.69) is 6.92 Å². The van der Waals surface area contributed by atoms with Crippen LogP contribution in [0.25, 0.3) is 0 Å². The summed E-state index contributed by atoms with van der Waals surface area (Å²) in [5, 5.41) is 0. The van der Waals surface area contributed by atoms with Crippen molar-refractivity contribution in [2.24, 2.45) is 35.5 Å². The molecule has 4 aliphatic rings. The molecule has 6 atom stereocenters. The Bertz CT molecular complexity index is 627. The SMILES string of the molecule is CC.CC.CC1CCC(C2CCC(C3CC(F)C(C(F)(F)OC4CC(F)C(C)C(F)C4)C(F)C3)OC2)CC1. The predicted octanol–water partition coefficient (Wildman–Crippen LogP) is 9.45. The van der Waals surface area contributed by atoms with Crippen molar-refractivity contribution in [2.75, 3.05) is 6.61 Å². The molecule has 3 aliphatic carbocycles. The summed E-state index contributed by atoms with van der Waals surface area (Å²) in [7, 11) is 0. The van der Waals surface area contributed by atoms with Gasteiger partial charge in [-0.1, -0.05) is 54.4 Å². The highest BCUT2D eigenvalue weighted by molar-refractivity contribution is 4.95. The summed E-state index contributed by atoms with van der Waals surface area (Å²) >= 11 is 0. The zero-order valence-corrected chi connectivity index (χ0v) is 24.3. The van der Waals surface area contributed by atoms with Gasteiger partial charge in [0.1, 0.15) is 30.6 Å². The second-order valence-electron chi connectivity index (χ2n) is 11.7. The van der Waals surface area contributed by atoms with Gasteiger partial charge in [-0.25, -0.2) is 17.6 Å². The molecule has 2 nitrogen and oxygen atoms in total. The monoisotopic (exact) mass is 558 g/mol. The van der Waals surface area contributed by atoms with E-state index in [9.17, 15) is 26.3 Å². The fourth-order valence-corrected chi connectivity index (χ4v) is 6.86. The number of ether oxygens (including phenoxy) is 2. The molecule has 0 aromatic rings. The maximum atomic E-state index is 15.0. The van der Waals surface area contributed by atoms with E-state index in [4.69, 9.17) is 9.47 Å². The summed E-state index contributed by atoms with van der Waals surface area (Å²) in [4.78, 5) is 0. The van der Waals surface area contributed by atoms with Crippen LogP contribution in [0.4, 0.5) is 26.3 Å². The Morgan fingerprint density at radius 3 is 1.61 bits per heavy atom. The van der Waals surface area contributed by atoms with Crippen molar-refractivity contribution >= 4 is 0 Å². The zero-order chi connectivity index (χ0) is 28.6. The van der Waals surface area contributed by atoms with Crippen LogP contribution >= 0.6 is 0 Å². The second kappa shape index (κ2) is 15.5. The quantitative estimate of drug-likeness (QED) is 0.313. The van der Waals surface area contributed by atoms with Gasteiger partial charge in [0.15, 0.2) is 0 Å². The molecule has 226 valence electrons. The van der Waals surface area contributed by atoms with E-state index in [0.29, 0.717) is 24.9 Å². The molecule has 1 aliphatic heterocycles. The van der Waals surface area contributed by atoms with Crippen LogP contribution in [0.5, 0.6) is 0 Å². The molecule has 1 saturated heterocycles. The largest absolute Gasteiger partial charge is 0.378 e. The van der Waals surface area contributed by atoms with Gasteiger partial charge in [-0.3, -0.25) is 0 Å². The molecule has 4 rings (SSSR count). The Balaban J connectivity index is 0.00000121. The first-order valence-electron chi connectivity index (χ1n) is 15.3. The fourth-order valence-electron chi connectivity index (χ4n) is 6.86. The third kappa shape index (κ3) is 8.50. The van der Waals surface area contributed by atoms with Gasteiger partial charge in [0.05, 0.1) is 18.8 Å². The van der Waals surface area contributed by atoms with Crippen LogP contribution in [-0.4, -0.2) is 49.6 Å². The average Bonchev–Trinajstić information content (AvgIpc) is 2.89. The standard InChI is InChI=1S/C26H40F6O2.2C2H6/c1-14-3-5-16(6-4-14)17-7-8-24(33-13-17)18-9-22(29)25(23(30)10-18)26(31,32)34-19-11-20(27)15(2)21(28)12-19;2*1-2/h14-25H,3-13H2,1-2H3;2*1-2H3. The van der Waals surface area contributed by atoms with E-state index in [1.54, 1.807) is 0 Å². The number of alkyl halides is 6. The fraction of sp³-hybridized carbons (Fsp3) is 1.00. The average molecular weight is 559 g/mol. The summed E-state index contributed by atoms with van der Waals surface area (Å²) < 4.78 is 98.2. The van der Waals surface area contributed by atoms with E-state index in [1.165, 1.54) is 32.6 Å². The lowest BCUT2D eigenvalue weighted by molar-refractivity contribution is -0.323. The van der Waals surface area contributed by atoms with Crippen LogP contribution in [0.3, 0.4) is 0 Å². The number of hydrogen-bond acceptors (Lipinski definition) is 2. The summed E-state index contributed by atoms with van der Waals surface area (Å²) in [5.74, 6) is -1.74. The minimum atomic E-state index is -4.12. The minimum absolute atomic E-state index is 0.209. The highest BCUT2D eigenvalue weighted by Gasteiger charge is 2.57. The first-order valence-corrected chi connectivity index (χ1v) is 15.3. The molecule has 8 heteroatoms. The van der Waals surface area contributed by atoms with Gasteiger partial charge < -0.3 is 9.47 Å². The van der Waals surface area contributed by atoms with Crippen molar-refractivity contribution in [1.29, 1.82) is 0 Å². The summed E-state index contributed by atoms with van der Waals surface area (Å²) in [6, 6.07) is 0. The molecule has 6 unspecified atom stereocenters. The summed E-state index contributed by atoms with van der Waals surface area (Å²) in [6.45, 7) is 12.2. The first-order chi connectivity index (χ1) is 18.0. The lowest BCUT2D eigenvalue weighted by Gasteiger charge is -2.44. The van der Waals surface area contributed by atoms with Gasteiger partial charge in [-0.05, 0) is 62.2 Å². The smallest absolute Gasteiger partial charge is 0.364 e. The molecule has 3 saturated carbocycles. The molecular formula is C30H52F6O2. The van der Waals surface area contributed by atoms with Crippen LogP contribution < -0.4 is 0 Å². The maximum absolute atomic E-state index is 15.0. The molecule has 0 aromatic carbocycles. The van der Waals surface area contributed by atoms with Crippen molar-refractivity contribution in [1.82, 2.24) is 0 Å². The van der Waals surface area contributed by atoms with Gasteiger partial charge in [0.25, 0.3) is 0 Å². The van der Waals surface area contributed by atoms with Gasteiger partial charge in [-0.2, -0.15) is 8.78 Å². The maximum Gasteiger partial charge on any atom is 0.364 e. The van der Waals surface area contributed by atoms with Crippen molar-refractivity contribution in [3.05, 3.63) is 0 Å². The predicted molar refractivity (Wildman–Crippen MR) is 140 cm³/mol. The lowest BCUT2D eigenvalue weighted by Crippen LogP contribution is -2.52.